The van der Waals surface area contributed by atoms with Crippen LogP contribution in [-0.2, 0) is 4.74 Å². The molecule has 2 N–H and O–H groups in total. The number of carbonyl (C=O) groups is 3. The van der Waals surface area contributed by atoms with Gasteiger partial charge in [-0.1, -0.05) is 19.9 Å². The molecule has 0 bridgehead atoms. The van der Waals surface area contributed by atoms with Crippen molar-refractivity contribution in [2.75, 3.05) is 84.0 Å². The summed E-state index contributed by atoms with van der Waals surface area (Å²) in [5.41, 5.74) is 0.786. The maximum atomic E-state index is 13.2. The number of nitrogens with one attached hydrogen (secondary N) is 2. The fourth-order valence-electron chi connectivity index (χ4n) is 4.26. The molecule has 202 valence electrons. The van der Waals surface area contributed by atoms with Crippen molar-refractivity contribution in [1.82, 2.24) is 24.9 Å². The van der Waals surface area contributed by atoms with Crippen molar-refractivity contribution in [1.29, 1.82) is 5.26 Å². The van der Waals surface area contributed by atoms with Gasteiger partial charge in [0.25, 0.3) is 5.91 Å². The molecule has 0 spiro atoms. The van der Waals surface area contributed by atoms with E-state index in [1.807, 2.05) is 19.9 Å². The van der Waals surface area contributed by atoms with Crippen LogP contribution in [0, 0.1) is 17.2 Å². The Morgan fingerprint density at radius 1 is 1.05 bits per heavy atom. The summed E-state index contributed by atoms with van der Waals surface area (Å²) in [5, 5.41) is 14.1. The highest BCUT2D eigenvalue weighted by Crippen LogP contribution is 2.16. The molecule has 0 aliphatic carbocycles. The highest BCUT2D eigenvalue weighted by molar-refractivity contribution is 6.05. The van der Waals surface area contributed by atoms with Gasteiger partial charge in [0.1, 0.15) is 6.54 Å². The Hall–Kier alpha value is -3.20. The number of rotatable bonds is 9. The van der Waals surface area contributed by atoms with Crippen LogP contribution in [0.3, 0.4) is 0 Å². The van der Waals surface area contributed by atoms with Crippen LogP contribution in [0.4, 0.5) is 15.3 Å². The van der Waals surface area contributed by atoms with E-state index in [9.17, 15) is 14.4 Å². The lowest BCUT2D eigenvalue weighted by atomic mass is 10.1. The number of nitrogens with zero attached hydrogens (tertiary/aromatic N) is 5. The molecule has 11 heteroatoms. The van der Waals surface area contributed by atoms with E-state index in [1.165, 1.54) is 0 Å². The summed E-state index contributed by atoms with van der Waals surface area (Å²) in [5.74, 6) is -0.175. The average molecular weight is 514 g/mol. The van der Waals surface area contributed by atoms with Gasteiger partial charge in [0.2, 0.25) is 0 Å². The lowest BCUT2D eigenvalue weighted by Gasteiger charge is -2.36. The summed E-state index contributed by atoms with van der Waals surface area (Å²) < 4.78 is 5.40. The number of nitriles is 1. The Morgan fingerprint density at radius 3 is 2.38 bits per heavy atom. The molecule has 3 rings (SSSR count). The van der Waals surface area contributed by atoms with E-state index in [0.717, 1.165) is 57.4 Å². The largest absolute Gasteiger partial charge is 0.379 e. The molecule has 37 heavy (non-hydrogen) atoms. The molecular formula is C26H39N7O4. The third-order valence-electron chi connectivity index (χ3n) is 6.60. The minimum atomic E-state index is -0.604. The van der Waals surface area contributed by atoms with Gasteiger partial charge in [0, 0.05) is 70.2 Å². The van der Waals surface area contributed by atoms with Gasteiger partial charge in [-0.2, -0.15) is 5.26 Å². The van der Waals surface area contributed by atoms with E-state index in [0.29, 0.717) is 36.7 Å². The number of hydrogen-bond acceptors (Lipinski definition) is 7. The zero-order valence-corrected chi connectivity index (χ0v) is 21.9. The number of imide groups is 1. The summed E-state index contributed by atoms with van der Waals surface area (Å²) in [6.07, 6.45) is 0.639. The van der Waals surface area contributed by atoms with Crippen LogP contribution in [0.5, 0.6) is 0 Å². The number of urea groups is 2. The number of piperazine rings is 1. The van der Waals surface area contributed by atoms with Gasteiger partial charge in [0.05, 0.1) is 19.3 Å². The smallest absolute Gasteiger partial charge is 0.325 e. The molecule has 2 saturated heterocycles. The average Bonchev–Trinajstić information content (AvgIpc) is 2.91. The maximum absolute atomic E-state index is 13.2. The molecule has 11 nitrogen and oxygen atoms in total. The van der Waals surface area contributed by atoms with Crippen molar-refractivity contribution in [2.45, 2.75) is 20.3 Å². The van der Waals surface area contributed by atoms with E-state index in [4.69, 9.17) is 10.00 Å². The number of anilines is 1. The molecule has 2 heterocycles. The normalized spacial score (nSPS) is 16.8. The zero-order valence-electron chi connectivity index (χ0n) is 21.9. The third-order valence-corrected chi connectivity index (χ3v) is 6.60. The van der Waals surface area contributed by atoms with Gasteiger partial charge >= 0.3 is 12.1 Å². The summed E-state index contributed by atoms with van der Waals surface area (Å²) in [4.78, 5) is 46.2. The Morgan fingerprint density at radius 2 is 1.73 bits per heavy atom. The van der Waals surface area contributed by atoms with Gasteiger partial charge in [-0.05, 0) is 30.5 Å². The SMILES string of the molecule is CC(C)CCN(C(=O)NCC#N)C(=O)c1cccc(NC(=O)N2CCN(CCN3CCOCC3)CC2)c1. The lowest BCUT2D eigenvalue weighted by Crippen LogP contribution is -2.51. The van der Waals surface area contributed by atoms with E-state index >= 15 is 0 Å². The minimum absolute atomic E-state index is 0.180. The quantitative estimate of drug-likeness (QED) is 0.484. The van der Waals surface area contributed by atoms with E-state index in [1.54, 1.807) is 29.2 Å². The molecule has 5 amide bonds. The van der Waals surface area contributed by atoms with Crippen molar-refractivity contribution < 1.29 is 19.1 Å². The molecule has 2 aliphatic rings. The second-order valence-corrected chi connectivity index (χ2v) is 9.75. The number of hydrogen-bond donors (Lipinski definition) is 2. The molecule has 2 fully saturated rings. The summed E-state index contributed by atoms with van der Waals surface area (Å²) in [6, 6.07) is 7.64. The summed E-state index contributed by atoms with van der Waals surface area (Å²) in [6.45, 7) is 12.5. The van der Waals surface area contributed by atoms with E-state index < -0.39 is 11.9 Å². The van der Waals surface area contributed by atoms with Crippen LogP contribution in [0.2, 0.25) is 0 Å². The van der Waals surface area contributed by atoms with Crippen molar-refractivity contribution in [3.8, 4) is 6.07 Å². The molecule has 0 unspecified atom stereocenters. The monoisotopic (exact) mass is 513 g/mol. The topological polar surface area (TPSA) is 121 Å². The highest BCUT2D eigenvalue weighted by atomic mass is 16.5. The Balaban J connectivity index is 1.53. The molecule has 1 aromatic carbocycles. The molecule has 0 radical (unpaired) electrons. The predicted molar refractivity (Wildman–Crippen MR) is 140 cm³/mol. The van der Waals surface area contributed by atoms with Gasteiger partial charge in [0.15, 0.2) is 0 Å². The fourth-order valence-corrected chi connectivity index (χ4v) is 4.26. The first-order valence-electron chi connectivity index (χ1n) is 13.0. The summed E-state index contributed by atoms with van der Waals surface area (Å²) in [7, 11) is 0. The van der Waals surface area contributed by atoms with E-state index in [2.05, 4.69) is 20.4 Å². The second-order valence-electron chi connectivity index (χ2n) is 9.75. The number of amides is 5. The van der Waals surface area contributed by atoms with Crippen molar-refractivity contribution in [2.24, 2.45) is 5.92 Å². The number of morpholine rings is 1. The van der Waals surface area contributed by atoms with Crippen molar-refractivity contribution >= 4 is 23.7 Å². The second kappa shape index (κ2) is 14.5. The van der Waals surface area contributed by atoms with E-state index in [-0.39, 0.29) is 19.1 Å². The van der Waals surface area contributed by atoms with Crippen LogP contribution in [0.25, 0.3) is 0 Å². The van der Waals surface area contributed by atoms with Crippen LogP contribution < -0.4 is 10.6 Å². The first-order valence-corrected chi connectivity index (χ1v) is 13.0. The molecule has 0 saturated carbocycles. The van der Waals surface area contributed by atoms with Gasteiger partial charge < -0.3 is 20.3 Å². The minimum Gasteiger partial charge on any atom is -0.379 e. The number of carbonyl (C=O) groups excluding carboxylic acids is 3. The predicted octanol–water partition coefficient (Wildman–Crippen LogP) is 1.89. The Labute approximate surface area is 219 Å². The van der Waals surface area contributed by atoms with Crippen LogP contribution in [-0.4, -0.2) is 116 Å². The van der Waals surface area contributed by atoms with Gasteiger partial charge in [-0.3, -0.25) is 19.5 Å². The molecule has 2 aliphatic heterocycles. The van der Waals surface area contributed by atoms with Crippen LogP contribution in [0.1, 0.15) is 30.6 Å². The summed E-state index contributed by atoms with van der Waals surface area (Å²) >= 11 is 0. The number of benzene rings is 1. The van der Waals surface area contributed by atoms with Crippen molar-refractivity contribution in [3.05, 3.63) is 29.8 Å². The molecule has 0 atom stereocenters. The maximum Gasteiger partial charge on any atom is 0.325 e. The van der Waals surface area contributed by atoms with Gasteiger partial charge in [-0.15, -0.1) is 0 Å². The van der Waals surface area contributed by atoms with Crippen molar-refractivity contribution in [3.63, 3.8) is 0 Å². The lowest BCUT2D eigenvalue weighted by molar-refractivity contribution is 0.0311. The Kier molecular flexibility index (Phi) is 11.1. The zero-order chi connectivity index (χ0) is 26.6. The third kappa shape index (κ3) is 9.00. The standard InChI is InChI=1S/C26H39N7O4/c1-21(2)6-9-33(25(35)28-8-7-27)24(34)22-4-3-5-23(20-22)29-26(36)32-14-12-30(13-15-32)10-11-31-16-18-37-19-17-31/h3-5,20-21H,6,8-19H2,1-2H3,(H,28,35)(H,29,36). The molecular weight excluding hydrogens is 474 g/mol. The van der Waals surface area contributed by atoms with Gasteiger partial charge in [-0.25, -0.2) is 9.59 Å². The number of ether oxygens (including phenoxy) is 1. The first-order chi connectivity index (χ1) is 17.9. The Bertz CT molecular complexity index is 950. The fraction of sp³-hybridized carbons (Fsp3) is 0.615. The molecule has 0 aromatic heterocycles. The van der Waals surface area contributed by atoms with Crippen LogP contribution in [0.15, 0.2) is 24.3 Å². The van der Waals surface area contributed by atoms with Crippen LogP contribution >= 0.6 is 0 Å². The first kappa shape index (κ1) is 28.4. The molecule has 1 aromatic rings. The highest BCUT2D eigenvalue weighted by Gasteiger charge is 2.25.